The van der Waals surface area contributed by atoms with Crippen molar-refractivity contribution >= 4 is 39.8 Å². The summed E-state index contributed by atoms with van der Waals surface area (Å²) >= 11 is 1.21. The number of aryl methyl sites for hydroxylation is 1. The molecule has 0 amide bonds. The molecule has 130 valence electrons. The van der Waals surface area contributed by atoms with Gasteiger partial charge in [0.1, 0.15) is 12.1 Å². The molecule has 0 unspecified atom stereocenters. The van der Waals surface area contributed by atoms with Gasteiger partial charge in [-0.15, -0.1) is 10.2 Å². The van der Waals surface area contributed by atoms with Gasteiger partial charge in [0, 0.05) is 10.9 Å². The highest BCUT2D eigenvalue weighted by molar-refractivity contribution is 7.99. The molecule has 4 aromatic rings. The lowest BCUT2D eigenvalue weighted by molar-refractivity contribution is -0.141. The largest absolute Gasteiger partial charge is 0.460 e. The standard InChI is InChI=1S/C19H16N4O2S/c1-12-7-8-15-14(9-12)17-18(20-15)21-19(23-22-17)26-11-16(24)25-10-13-5-3-2-4-6-13/h2-9H,10-11H2,1H3,(H,20,21,23). The van der Waals surface area contributed by atoms with E-state index in [1.807, 2.05) is 49.4 Å². The van der Waals surface area contributed by atoms with Crippen molar-refractivity contribution in [3.05, 3.63) is 59.7 Å². The molecule has 0 aliphatic rings. The second kappa shape index (κ2) is 7.13. The number of carbonyl (C=O) groups is 1. The zero-order valence-corrected chi connectivity index (χ0v) is 14.9. The number of fused-ring (bicyclic) bond motifs is 3. The maximum atomic E-state index is 11.9. The molecule has 0 fully saturated rings. The van der Waals surface area contributed by atoms with Crippen molar-refractivity contribution in [2.24, 2.45) is 0 Å². The van der Waals surface area contributed by atoms with Gasteiger partial charge in [0.15, 0.2) is 5.65 Å². The molecule has 6 nitrogen and oxygen atoms in total. The fourth-order valence-electron chi connectivity index (χ4n) is 2.63. The summed E-state index contributed by atoms with van der Waals surface area (Å²) in [5, 5.41) is 9.83. The molecule has 1 N–H and O–H groups in total. The van der Waals surface area contributed by atoms with E-state index in [9.17, 15) is 4.79 Å². The van der Waals surface area contributed by atoms with Crippen LogP contribution in [0.4, 0.5) is 0 Å². The van der Waals surface area contributed by atoms with E-state index >= 15 is 0 Å². The van der Waals surface area contributed by atoms with E-state index in [0.717, 1.165) is 27.5 Å². The van der Waals surface area contributed by atoms with Crippen LogP contribution in [0.25, 0.3) is 22.1 Å². The van der Waals surface area contributed by atoms with E-state index in [0.29, 0.717) is 10.8 Å². The van der Waals surface area contributed by atoms with Crippen LogP contribution in [0, 0.1) is 6.92 Å². The van der Waals surface area contributed by atoms with Gasteiger partial charge in [0.2, 0.25) is 5.16 Å². The maximum Gasteiger partial charge on any atom is 0.316 e. The van der Waals surface area contributed by atoms with Crippen molar-refractivity contribution in [3.8, 4) is 0 Å². The molecule has 2 aromatic carbocycles. The first-order valence-corrected chi connectivity index (χ1v) is 9.13. The van der Waals surface area contributed by atoms with Crippen LogP contribution in [-0.4, -0.2) is 31.9 Å². The van der Waals surface area contributed by atoms with Crippen molar-refractivity contribution < 1.29 is 9.53 Å². The first kappa shape index (κ1) is 16.5. The lowest BCUT2D eigenvalue weighted by Crippen LogP contribution is -2.08. The Labute approximate surface area is 154 Å². The van der Waals surface area contributed by atoms with E-state index < -0.39 is 0 Å². The topological polar surface area (TPSA) is 80.8 Å². The van der Waals surface area contributed by atoms with Gasteiger partial charge in [-0.25, -0.2) is 4.98 Å². The molecule has 4 rings (SSSR count). The highest BCUT2D eigenvalue weighted by atomic mass is 32.2. The monoisotopic (exact) mass is 364 g/mol. The van der Waals surface area contributed by atoms with Crippen LogP contribution in [0.15, 0.2) is 53.7 Å². The van der Waals surface area contributed by atoms with Crippen molar-refractivity contribution in [1.29, 1.82) is 0 Å². The SMILES string of the molecule is Cc1ccc2[nH]c3nc(SCC(=O)OCc4ccccc4)nnc3c2c1. The summed E-state index contributed by atoms with van der Waals surface area (Å²) in [4.78, 5) is 19.6. The first-order chi connectivity index (χ1) is 12.7. The number of nitrogens with one attached hydrogen (secondary N) is 1. The summed E-state index contributed by atoms with van der Waals surface area (Å²) in [6.07, 6.45) is 0. The quantitative estimate of drug-likeness (QED) is 0.430. The number of rotatable bonds is 5. The Morgan fingerprint density at radius 1 is 1.15 bits per heavy atom. The van der Waals surface area contributed by atoms with E-state index in [1.165, 1.54) is 11.8 Å². The number of hydrogen-bond donors (Lipinski definition) is 1. The van der Waals surface area contributed by atoms with Gasteiger partial charge >= 0.3 is 5.97 Å². The molecular weight excluding hydrogens is 348 g/mol. The average Bonchev–Trinajstić information content (AvgIpc) is 3.02. The van der Waals surface area contributed by atoms with Crippen LogP contribution < -0.4 is 0 Å². The fourth-order valence-corrected chi connectivity index (χ4v) is 3.22. The van der Waals surface area contributed by atoms with Crippen molar-refractivity contribution in [2.75, 3.05) is 5.75 Å². The smallest absolute Gasteiger partial charge is 0.316 e. The van der Waals surface area contributed by atoms with Gasteiger partial charge in [-0.05, 0) is 24.6 Å². The molecule has 0 bridgehead atoms. The average molecular weight is 364 g/mol. The third-order valence-electron chi connectivity index (χ3n) is 3.91. The molecule has 0 radical (unpaired) electrons. The van der Waals surface area contributed by atoms with E-state index in [1.54, 1.807) is 0 Å². The Morgan fingerprint density at radius 2 is 2.00 bits per heavy atom. The van der Waals surface area contributed by atoms with Crippen LogP contribution in [0.3, 0.4) is 0 Å². The van der Waals surface area contributed by atoms with Gasteiger partial charge in [0.25, 0.3) is 0 Å². The van der Waals surface area contributed by atoms with Crippen LogP contribution in [-0.2, 0) is 16.1 Å². The molecule has 0 aliphatic heterocycles. The Bertz CT molecular complexity index is 1080. The number of benzene rings is 2. The maximum absolute atomic E-state index is 11.9. The zero-order chi connectivity index (χ0) is 17.9. The molecule has 0 saturated heterocycles. The number of nitrogens with zero attached hydrogens (tertiary/aromatic N) is 3. The minimum absolute atomic E-state index is 0.138. The molecule has 0 atom stereocenters. The number of H-pyrrole nitrogens is 1. The van der Waals surface area contributed by atoms with E-state index in [2.05, 4.69) is 26.2 Å². The van der Waals surface area contributed by atoms with Crippen molar-refractivity contribution in [1.82, 2.24) is 20.2 Å². The third-order valence-corrected chi connectivity index (χ3v) is 4.72. The predicted octanol–water partition coefficient (Wildman–Crippen LogP) is 3.65. The molecule has 0 aliphatic carbocycles. The summed E-state index contributed by atoms with van der Waals surface area (Å²) in [5.41, 5.74) is 4.48. The molecule has 0 saturated carbocycles. The summed E-state index contributed by atoms with van der Waals surface area (Å²) in [7, 11) is 0. The van der Waals surface area contributed by atoms with Crippen molar-refractivity contribution in [3.63, 3.8) is 0 Å². The lowest BCUT2D eigenvalue weighted by Gasteiger charge is -2.04. The molecule has 26 heavy (non-hydrogen) atoms. The summed E-state index contributed by atoms with van der Waals surface area (Å²) < 4.78 is 5.25. The van der Waals surface area contributed by atoms with Gasteiger partial charge in [-0.2, -0.15) is 0 Å². The van der Waals surface area contributed by atoms with Crippen LogP contribution in [0.5, 0.6) is 0 Å². The third kappa shape index (κ3) is 3.52. The van der Waals surface area contributed by atoms with Crippen LogP contribution >= 0.6 is 11.8 Å². The number of ether oxygens (including phenoxy) is 1. The minimum atomic E-state index is -0.310. The van der Waals surface area contributed by atoms with Crippen LogP contribution in [0.2, 0.25) is 0 Å². The number of aromatic amines is 1. The van der Waals surface area contributed by atoms with Gasteiger partial charge < -0.3 is 9.72 Å². The molecule has 2 aromatic heterocycles. The minimum Gasteiger partial charge on any atom is -0.460 e. The van der Waals surface area contributed by atoms with Gasteiger partial charge in [-0.1, -0.05) is 53.7 Å². The van der Waals surface area contributed by atoms with Crippen LogP contribution in [0.1, 0.15) is 11.1 Å². The molecular formula is C19H16N4O2S. The van der Waals surface area contributed by atoms with E-state index in [-0.39, 0.29) is 18.3 Å². The second-order valence-corrected chi connectivity index (χ2v) is 6.84. The normalized spacial score (nSPS) is 11.1. The molecule has 2 heterocycles. The number of hydrogen-bond acceptors (Lipinski definition) is 6. The highest BCUT2D eigenvalue weighted by Gasteiger charge is 2.11. The summed E-state index contributed by atoms with van der Waals surface area (Å²) in [6.45, 7) is 2.30. The second-order valence-electron chi connectivity index (χ2n) is 5.90. The molecule has 0 spiro atoms. The molecule has 7 heteroatoms. The number of carbonyl (C=O) groups excluding carboxylic acids is 1. The Balaban J connectivity index is 1.42. The Hall–Kier alpha value is -2.93. The van der Waals surface area contributed by atoms with E-state index in [4.69, 9.17) is 4.74 Å². The number of thioether (sulfide) groups is 1. The Kier molecular flexibility index (Phi) is 4.53. The number of aromatic nitrogens is 4. The van der Waals surface area contributed by atoms with Crippen molar-refractivity contribution in [2.45, 2.75) is 18.7 Å². The first-order valence-electron chi connectivity index (χ1n) is 8.14. The highest BCUT2D eigenvalue weighted by Crippen LogP contribution is 2.24. The lowest BCUT2D eigenvalue weighted by atomic mass is 10.2. The van der Waals surface area contributed by atoms with Gasteiger partial charge in [-0.3, -0.25) is 4.79 Å². The fraction of sp³-hybridized carbons (Fsp3) is 0.158. The Morgan fingerprint density at radius 3 is 2.85 bits per heavy atom. The van der Waals surface area contributed by atoms with Gasteiger partial charge in [0.05, 0.1) is 5.75 Å². The summed E-state index contributed by atoms with van der Waals surface area (Å²) in [5.74, 6) is -0.172. The predicted molar refractivity (Wildman–Crippen MR) is 101 cm³/mol. The summed E-state index contributed by atoms with van der Waals surface area (Å²) in [6, 6.07) is 15.7. The number of esters is 1. The zero-order valence-electron chi connectivity index (χ0n) is 14.1.